The molecule has 2 saturated heterocycles. The Bertz CT molecular complexity index is 994. The molecule has 0 bridgehead atoms. The highest BCUT2D eigenvalue weighted by molar-refractivity contribution is 5.75. The van der Waals surface area contributed by atoms with Crippen molar-refractivity contribution in [3.05, 3.63) is 11.7 Å². The van der Waals surface area contributed by atoms with Gasteiger partial charge in [-0.05, 0) is 52.4 Å². The van der Waals surface area contributed by atoms with Gasteiger partial charge in [0.1, 0.15) is 17.9 Å². The second kappa shape index (κ2) is 10.2. The second-order valence-electron chi connectivity index (χ2n) is 12.5. The van der Waals surface area contributed by atoms with Crippen molar-refractivity contribution in [2.24, 2.45) is 0 Å². The number of hydrogen-bond donors (Lipinski definition) is 1. The molecule has 4 fully saturated rings. The first-order valence-corrected chi connectivity index (χ1v) is 13.8. The number of nitrogens with zero attached hydrogens (tertiary/aromatic N) is 4. The number of carbonyl (C=O) groups is 1. The molecule has 1 aromatic heterocycles. The van der Waals surface area contributed by atoms with Gasteiger partial charge in [-0.1, -0.05) is 12.1 Å². The zero-order valence-corrected chi connectivity index (χ0v) is 22.4. The standard InChI is InChI=1S/C26H39F4N5O3/c1-24(2,28)15-34-10-6-16(14-34)37-19-5-4-7-26(29,30)20(19)31-23(36)35-11-8-25(3,9-12-35)22-32-21(38-33-22)17-13-18(17)27/h16-20H,4-15H2,1-3H3,(H,31,36)/t16-,17+,18-,19-,20+/m0/s1. The Morgan fingerprint density at radius 2 is 1.92 bits per heavy atom. The molecule has 0 aromatic carbocycles. The van der Waals surface area contributed by atoms with E-state index in [-0.39, 0.29) is 25.0 Å². The molecule has 5 atom stereocenters. The van der Waals surface area contributed by atoms with Crippen molar-refractivity contribution in [1.82, 2.24) is 25.3 Å². The Labute approximate surface area is 220 Å². The summed E-state index contributed by atoms with van der Waals surface area (Å²) in [6.07, 6.45) is 0.564. The lowest BCUT2D eigenvalue weighted by molar-refractivity contribution is -0.138. The molecule has 0 unspecified atom stereocenters. The van der Waals surface area contributed by atoms with Gasteiger partial charge in [0.25, 0.3) is 5.92 Å². The number of likely N-dealkylation sites (tertiary alicyclic amines) is 2. The van der Waals surface area contributed by atoms with Crippen molar-refractivity contribution in [2.45, 2.75) is 113 Å². The highest BCUT2D eigenvalue weighted by atomic mass is 19.3. The van der Waals surface area contributed by atoms with E-state index in [1.165, 1.54) is 13.8 Å². The number of piperidine rings is 1. The first-order valence-electron chi connectivity index (χ1n) is 13.8. The van der Waals surface area contributed by atoms with E-state index in [2.05, 4.69) is 15.5 Å². The summed E-state index contributed by atoms with van der Waals surface area (Å²) >= 11 is 0. The van der Waals surface area contributed by atoms with Crippen LogP contribution in [0.4, 0.5) is 22.4 Å². The van der Waals surface area contributed by atoms with E-state index in [9.17, 15) is 13.6 Å². The normalized spacial score (nSPS) is 33.3. The predicted molar refractivity (Wildman–Crippen MR) is 131 cm³/mol. The lowest BCUT2D eigenvalue weighted by atomic mass is 9.79. The summed E-state index contributed by atoms with van der Waals surface area (Å²) in [5.41, 5.74) is -1.78. The fraction of sp³-hybridized carbons (Fsp3) is 0.885. The molecule has 2 aliphatic carbocycles. The fourth-order valence-electron chi connectivity index (χ4n) is 6.01. The number of urea groups is 1. The van der Waals surface area contributed by atoms with E-state index < -0.39 is 41.4 Å². The molecule has 2 saturated carbocycles. The molecule has 2 aliphatic heterocycles. The highest BCUT2D eigenvalue weighted by Crippen LogP contribution is 2.44. The average molecular weight is 546 g/mol. The lowest BCUT2D eigenvalue weighted by Crippen LogP contribution is -2.61. The van der Waals surface area contributed by atoms with E-state index >= 15 is 8.78 Å². The van der Waals surface area contributed by atoms with Gasteiger partial charge in [-0.2, -0.15) is 4.98 Å². The molecule has 0 spiro atoms. The van der Waals surface area contributed by atoms with E-state index in [0.29, 0.717) is 76.4 Å². The third-order valence-corrected chi connectivity index (χ3v) is 8.47. The maximum Gasteiger partial charge on any atom is 0.317 e. The van der Waals surface area contributed by atoms with Crippen LogP contribution in [0, 0.1) is 0 Å². The maximum absolute atomic E-state index is 15.0. The summed E-state index contributed by atoms with van der Waals surface area (Å²) in [6, 6.07) is -1.96. The Hall–Kier alpha value is -1.95. The summed E-state index contributed by atoms with van der Waals surface area (Å²) in [4.78, 5) is 21.0. The number of nitrogens with one attached hydrogen (secondary N) is 1. The Kier molecular flexibility index (Phi) is 7.43. The van der Waals surface area contributed by atoms with E-state index in [0.717, 1.165) is 0 Å². The summed E-state index contributed by atoms with van der Waals surface area (Å²) in [5.74, 6) is -2.58. The number of rotatable bonds is 7. The number of halogens is 4. The van der Waals surface area contributed by atoms with Gasteiger partial charge < -0.3 is 19.5 Å². The first kappa shape index (κ1) is 27.6. The number of amides is 2. The van der Waals surface area contributed by atoms with Crippen LogP contribution in [0.5, 0.6) is 0 Å². The quantitative estimate of drug-likeness (QED) is 0.513. The molecule has 38 heavy (non-hydrogen) atoms. The lowest BCUT2D eigenvalue weighted by Gasteiger charge is -2.42. The minimum Gasteiger partial charge on any atom is -0.371 e. The van der Waals surface area contributed by atoms with Crippen molar-refractivity contribution >= 4 is 6.03 Å². The smallest absolute Gasteiger partial charge is 0.317 e. The molecule has 8 nitrogen and oxygen atoms in total. The largest absolute Gasteiger partial charge is 0.371 e. The van der Waals surface area contributed by atoms with Gasteiger partial charge in [-0.15, -0.1) is 0 Å². The zero-order chi connectivity index (χ0) is 27.3. The third kappa shape index (κ3) is 6.11. The predicted octanol–water partition coefficient (Wildman–Crippen LogP) is 4.35. The monoisotopic (exact) mass is 545 g/mol. The van der Waals surface area contributed by atoms with Gasteiger partial charge in [0.05, 0.1) is 18.1 Å². The molecule has 5 rings (SSSR count). The minimum atomic E-state index is -3.08. The highest BCUT2D eigenvalue weighted by Gasteiger charge is 2.50. The molecule has 1 aromatic rings. The topological polar surface area (TPSA) is 83.7 Å². The molecule has 0 radical (unpaired) electrons. The van der Waals surface area contributed by atoms with Crippen molar-refractivity contribution in [1.29, 1.82) is 0 Å². The third-order valence-electron chi connectivity index (χ3n) is 8.47. The SMILES string of the molecule is CC(C)(F)CN1CC[C@H](O[C@H]2CCCC(F)(F)[C@@H]2NC(=O)N2CCC(C)(c3noc([C@@H]4C[C@@H]4F)n3)CC2)C1. The summed E-state index contributed by atoms with van der Waals surface area (Å²) in [5, 5.41) is 6.66. The Balaban J connectivity index is 1.16. The summed E-state index contributed by atoms with van der Waals surface area (Å²) < 4.78 is 68.9. The van der Waals surface area contributed by atoms with Gasteiger partial charge in [-0.3, -0.25) is 4.90 Å². The van der Waals surface area contributed by atoms with Crippen LogP contribution in [0.3, 0.4) is 0 Å². The van der Waals surface area contributed by atoms with Crippen LogP contribution in [-0.4, -0.2) is 94.7 Å². The summed E-state index contributed by atoms with van der Waals surface area (Å²) in [6.45, 7) is 7.13. The van der Waals surface area contributed by atoms with Gasteiger partial charge in [0.2, 0.25) is 5.89 Å². The van der Waals surface area contributed by atoms with Gasteiger partial charge in [-0.25, -0.2) is 22.4 Å². The van der Waals surface area contributed by atoms with Crippen LogP contribution in [0.1, 0.15) is 83.3 Å². The van der Waals surface area contributed by atoms with Crippen LogP contribution < -0.4 is 5.32 Å². The van der Waals surface area contributed by atoms with Crippen molar-refractivity contribution in [2.75, 3.05) is 32.7 Å². The van der Waals surface area contributed by atoms with Crippen molar-refractivity contribution in [3.8, 4) is 0 Å². The van der Waals surface area contributed by atoms with Gasteiger partial charge in [0, 0.05) is 44.6 Å². The van der Waals surface area contributed by atoms with Gasteiger partial charge in [0.15, 0.2) is 5.82 Å². The van der Waals surface area contributed by atoms with Crippen LogP contribution in [0.15, 0.2) is 4.52 Å². The summed E-state index contributed by atoms with van der Waals surface area (Å²) in [7, 11) is 0. The maximum atomic E-state index is 15.0. The molecule has 12 heteroatoms. The first-order chi connectivity index (χ1) is 17.8. The number of ether oxygens (including phenoxy) is 1. The van der Waals surface area contributed by atoms with E-state index in [1.54, 1.807) is 4.90 Å². The van der Waals surface area contributed by atoms with Crippen molar-refractivity contribution < 1.29 is 31.6 Å². The van der Waals surface area contributed by atoms with E-state index in [1.807, 2.05) is 11.8 Å². The number of carbonyl (C=O) groups excluding carboxylic acids is 1. The molecule has 2 amide bonds. The van der Waals surface area contributed by atoms with E-state index in [4.69, 9.17) is 9.26 Å². The molecule has 1 N–H and O–H groups in total. The average Bonchev–Trinajstić information content (AvgIpc) is 3.20. The van der Waals surface area contributed by atoms with Crippen LogP contribution in [0.2, 0.25) is 0 Å². The fourth-order valence-corrected chi connectivity index (χ4v) is 6.01. The van der Waals surface area contributed by atoms with Crippen molar-refractivity contribution in [3.63, 3.8) is 0 Å². The van der Waals surface area contributed by atoms with Gasteiger partial charge >= 0.3 is 6.03 Å². The minimum absolute atomic E-state index is 0.268. The second-order valence-corrected chi connectivity index (χ2v) is 12.5. The number of hydrogen-bond acceptors (Lipinski definition) is 6. The molecule has 3 heterocycles. The Morgan fingerprint density at radius 1 is 1.21 bits per heavy atom. The van der Waals surface area contributed by atoms with Crippen LogP contribution in [0.25, 0.3) is 0 Å². The molecule has 4 aliphatic rings. The molecule has 214 valence electrons. The Morgan fingerprint density at radius 3 is 2.58 bits per heavy atom. The van der Waals surface area contributed by atoms with Crippen LogP contribution in [-0.2, 0) is 10.2 Å². The number of aromatic nitrogens is 2. The zero-order valence-electron chi connectivity index (χ0n) is 22.4. The van der Waals surface area contributed by atoms with Crippen LogP contribution >= 0.6 is 0 Å². The number of alkyl halides is 4. The molecular weight excluding hydrogens is 506 g/mol. The molecular formula is C26H39F4N5O3.